The van der Waals surface area contributed by atoms with E-state index in [1.807, 2.05) is 64.6 Å². The Morgan fingerprint density at radius 3 is 2.59 bits per heavy atom. The molecular weight excluding hydrogens is 388 g/mol. The highest BCUT2D eigenvalue weighted by atomic mass is 32.2. The number of rotatable bonds is 5. The van der Waals surface area contributed by atoms with Gasteiger partial charge in [0.2, 0.25) is 0 Å². The third-order valence-corrected chi connectivity index (χ3v) is 6.61. The topological polar surface area (TPSA) is 51.2 Å². The fourth-order valence-electron chi connectivity index (χ4n) is 3.81. The van der Waals surface area contributed by atoms with Gasteiger partial charge in [0.15, 0.2) is 0 Å². The van der Waals surface area contributed by atoms with Crippen LogP contribution < -0.4 is 0 Å². The van der Waals surface area contributed by atoms with Gasteiger partial charge in [-0.2, -0.15) is 0 Å². The summed E-state index contributed by atoms with van der Waals surface area (Å²) >= 11 is 1.87. The Hall–Kier alpha value is -1.28. The second-order valence-electron chi connectivity index (χ2n) is 9.18. The molecule has 29 heavy (non-hydrogen) atoms. The van der Waals surface area contributed by atoms with Gasteiger partial charge in [-0.1, -0.05) is 30.3 Å². The molecule has 2 heterocycles. The van der Waals surface area contributed by atoms with Gasteiger partial charge in [0, 0.05) is 12.3 Å². The highest BCUT2D eigenvalue weighted by Crippen LogP contribution is 2.37. The quantitative estimate of drug-likeness (QED) is 0.716. The fraction of sp³-hybridized carbons (Fsp3) is 0.682. The summed E-state index contributed by atoms with van der Waals surface area (Å²) in [4.78, 5) is 17.2. The molecule has 0 N–H and O–H groups in total. The molecule has 0 aliphatic carbocycles. The van der Waals surface area contributed by atoms with Crippen LogP contribution in [-0.2, 0) is 20.8 Å². The summed E-state index contributed by atoms with van der Waals surface area (Å²) in [5.41, 5.74) is -0.201. The molecule has 3 rings (SSSR count). The maximum atomic E-state index is 13.1. The summed E-state index contributed by atoms with van der Waals surface area (Å²) in [5.74, 6) is 1.05. The largest absolute Gasteiger partial charge is 0.444 e. The van der Waals surface area contributed by atoms with Crippen LogP contribution in [0.5, 0.6) is 0 Å². The summed E-state index contributed by atoms with van der Waals surface area (Å²) < 4.78 is 18.2. The van der Waals surface area contributed by atoms with Gasteiger partial charge in [-0.15, -0.1) is 11.8 Å². The van der Waals surface area contributed by atoms with E-state index in [1.54, 1.807) is 4.90 Å². The van der Waals surface area contributed by atoms with Crippen LogP contribution >= 0.6 is 11.8 Å². The van der Waals surface area contributed by atoms with E-state index in [1.165, 1.54) is 0 Å². The molecule has 2 aliphatic heterocycles. The number of ether oxygens (including phenoxy) is 3. The molecule has 3 atom stereocenters. The zero-order valence-electron chi connectivity index (χ0n) is 18.4. The Labute approximate surface area is 178 Å². The Balaban J connectivity index is 1.85. The molecular formula is C22H34N2O4S. The summed E-state index contributed by atoms with van der Waals surface area (Å²) in [7, 11) is 2.11. The molecule has 1 amide bonds. The van der Waals surface area contributed by atoms with Crippen LogP contribution in [0.1, 0.15) is 40.2 Å². The maximum Gasteiger partial charge on any atom is 0.412 e. The van der Waals surface area contributed by atoms with Crippen molar-refractivity contribution in [3.63, 3.8) is 0 Å². The molecule has 2 fully saturated rings. The first-order valence-electron chi connectivity index (χ1n) is 10.2. The number of benzene rings is 1. The van der Waals surface area contributed by atoms with E-state index in [2.05, 4.69) is 24.1 Å². The first-order valence-corrected chi connectivity index (χ1v) is 11.3. The number of hydrogen-bond acceptors (Lipinski definition) is 6. The second-order valence-corrected chi connectivity index (χ2v) is 10.4. The van der Waals surface area contributed by atoms with Gasteiger partial charge in [-0.05, 0) is 47.2 Å². The fourth-order valence-corrected chi connectivity index (χ4v) is 5.25. The zero-order chi connectivity index (χ0) is 21.2. The maximum absolute atomic E-state index is 13.1. The van der Waals surface area contributed by atoms with Crippen molar-refractivity contribution in [2.45, 2.75) is 70.1 Å². The molecule has 0 radical (unpaired) electrons. The molecule has 0 spiro atoms. The van der Waals surface area contributed by atoms with E-state index >= 15 is 0 Å². The third kappa shape index (κ3) is 5.45. The minimum atomic E-state index is -0.747. The molecule has 0 saturated carbocycles. The first-order chi connectivity index (χ1) is 13.6. The van der Waals surface area contributed by atoms with Gasteiger partial charge in [0.1, 0.15) is 17.4 Å². The number of carbonyl (C=O) groups is 1. The molecule has 7 heteroatoms. The van der Waals surface area contributed by atoms with Gasteiger partial charge < -0.3 is 14.2 Å². The van der Waals surface area contributed by atoms with Crippen molar-refractivity contribution in [3.8, 4) is 0 Å². The lowest BCUT2D eigenvalue weighted by molar-refractivity contribution is -0.0779. The molecule has 0 bridgehead atoms. The van der Waals surface area contributed by atoms with E-state index in [0.29, 0.717) is 13.2 Å². The molecule has 2 aliphatic rings. The summed E-state index contributed by atoms with van der Waals surface area (Å²) in [6.45, 7) is 11.4. The average molecular weight is 423 g/mol. The average Bonchev–Trinajstić information content (AvgIpc) is 3.18. The van der Waals surface area contributed by atoms with E-state index in [0.717, 1.165) is 17.9 Å². The van der Waals surface area contributed by atoms with Crippen molar-refractivity contribution in [1.82, 2.24) is 9.80 Å². The van der Waals surface area contributed by atoms with Crippen molar-refractivity contribution < 1.29 is 19.0 Å². The van der Waals surface area contributed by atoms with Gasteiger partial charge in [0.25, 0.3) is 0 Å². The smallest absolute Gasteiger partial charge is 0.412 e. The number of nitrogens with zero attached hydrogens (tertiary/aromatic N) is 2. The van der Waals surface area contributed by atoms with Crippen LogP contribution in [0.3, 0.4) is 0 Å². The molecule has 0 aromatic heterocycles. The van der Waals surface area contributed by atoms with Crippen LogP contribution in [0.15, 0.2) is 30.3 Å². The number of thioether (sulfide) groups is 1. The Morgan fingerprint density at radius 2 is 2.00 bits per heavy atom. The Kier molecular flexibility index (Phi) is 6.83. The highest BCUT2D eigenvalue weighted by molar-refractivity contribution is 8.00. The minimum absolute atomic E-state index is 0.158. The van der Waals surface area contributed by atoms with Crippen molar-refractivity contribution in [2.24, 2.45) is 0 Å². The number of amides is 1. The van der Waals surface area contributed by atoms with E-state index in [9.17, 15) is 4.79 Å². The van der Waals surface area contributed by atoms with Crippen LogP contribution in [0.2, 0.25) is 0 Å². The zero-order valence-corrected chi connectivity index (χ0v) is 19.2. The molecule has 6 nitrogen and oxygen atoms in total. The van der Waals surface area contributed by atoms with E-state index < -0.39 is 11.3 Å². The summed E-state index contributed by atoms with van der Waals surface area (Å²) in [5, 5.41) is 0.158. The predicted octanol–water partition coefficient (Wildman–Crippen LogP) is 3.95. The van der Waals surface area contributed by atoms with E-state index in [4.69, 9.17) is 14.2 Å². The Morgan fingerprint density at radius 1 is 1.31 bits per heavy atom. The van der Waals surface area contributed by atoms with Gasteiger partial charge >= 0.3 is 6.09 Å². The number of carbonyl (C=O) groups excluding carboxylic acids is 1. The van der Waals surface area contributed by atoms with Crippen LogP contribution in [0, 0.1) is 0 Å². The lowest BCUT2D eigenvalue weighted by atomic mass is 10.1. The van der Waals surface area contributed by atoms with Crippen molar-refractivity contribution in [1.29, 1.82) is 0 Å². The second kappa shape index (κ2) is 8.84. The summed E-state index contributed by atoms with van der Waals surface area (Å²) in [6, 6.07) is 9.92. The van der Waals surface area contributed by atoms with Crippen molar-refractivity contribution in [2.75, 3.05) is 26.0 Å². The molecule has 162 valence electrons. The lowest BCUT2D eigenvalue weighted by Crippen LogP contribution is -2.57. The summed E-state index contributed by atoms with van der Waals surface area (Å²) in [6.07, 6.45) is -0.550. The normalized spacial score (nSPS) is 25.9. The van der Waals surface area contributed by atoms with Gasteiger partial charge in [-0.3, -0.25) is 9.80 Å². The highest BCUT2D eigenvalue weighted by Gasteiger charge is 2.51. The van der Waals surface area contributed by atoms with Crippen LogP contribution in [-0.4, -0.2) is 70.7 Å². The monoisotopic (exact) mass is 422 g/mol. The number of hydrogen-bond donors (Lipinski definition) is 0. The molecule has 1 aromatic rings. The third-order valence-electron chi connectivity index (χ3n) is 5.22. The molecule has 2 saturated heterocycles. The minimum Gasteiger partial charge on any atom is -0.444 e. The van der Waals surface area contributed by atoms with Crippen molar-refractivity contribution >= 4 is 17.9 Å². The predicted molar refractivity (Wildman–Crippen MR) is 116 cm³/mol. The van der Waals surface area contributed by atoms with Gasteiger partial charge in [0.05, 0.1) is 24.6 Å². The Bertz CT molecular complexity index is 692. The van der Waals surface area contributed by atoms with Crippen LogP contribution in [0.4, 0.5) is 4.79 Å². The van der Waals surface area contributed by atoms with Crippen molar-refractivity contribution in [3.05, 3.63) is 35.9 Å². The van der Waals surface area contributed by atoms with Gasteiger partial charge in [-0.25, -0.2) is 4.79 Å². The standard InChI is InChI=1S/C22H34N2O4S/c1-21(2,3)28-20(25)24-17(15-27-22(24,4)5)18(19-23(6)12-13-29-19)26-14-16-10-8-7-9-11-16/h7-11,17-19H,12-15H2,1-6H3/t17-,18+,19?/m1/s1. The lowest BCUT2D eigenvalue weighted by Gasteiger charge is -2.40. The first kappa shape index (κ1) is 22.4. The molecule has 1 unspecified atom stereocenters. The van der Waals surface area contributed by atoms with Crippen LogP contribution in [0.25, 0.3) is 0 Å². The van der Waals surface area contributed by atoms with E-state index in [-0.39, 0.29) is 23.6 Å². The molecule has 1 aromatic carbocycles. The number of likely N-dealkylation sites (N-methyl/N-ethyl adjacent to an activating group) is 1. The SMILES string of the molecule is CN1CCSC1[C@@H](OCc1ccccc1)[C@H]1COC(C)(C)N1C(=O)OC(C)(C)C.